The minimum atomic E-state index is -5.56. The van der Waals surface area contributed by atoms with Gasteiger partial charge in [0.25, 0.3) is 5.56 Å². The number of rotatable bonds is 7. The summed E-state index contributed by atoms with van der Waals surface area (Å²) in [5.74, 6) is -3.87. The summed E-state index contributed by atoms with van der Waals surface area (Å²) < 4.78 is 86.9. The Morgan fingerprint density at radius 2 is 1.90 bits per heavy atom. The van der Waals surface area contributed by atoms with Gasteiger partial charge in [-0.15, -0.1) is 0 Å². The fourth-order valence-corrected chi connectivity index (χ4v) is 5.52. The molecule has 3 aromatic rings. The number of benzene rings is 2. The van der Waals surface area contributed by atoms with Crippen LogP contribution in [0.5, 0.6) is 0 Å². The summed E-state index contributed by atoms with van der Waals surface area (Å²) in [4.78, 5) is 32.7. The fraction of sp³-hybridized carbons (Fsp3) is 0.318. The lowest BCUT2D eigenvalue weighted by Crippen LogP contribution is -2.59. The van der Waals surface area contributed by atoms with Crippen molar-refractivity contribution in [2.45, 2.75) is 19.2 Å². The lowest BCUT2D eigenvalue weighted by atomic mass is 10.1. The number of hydrogen-bond acceptors (Lipinski definition) is 8. The van der Waals surface area contributed by atoms with Gasteiger partial charge in [-0.25, -0.2) is 14.2 Å². The first kappa shape index (κ1) is 28.5. The number of aromatic nitrogens is 2. The molecule has 210 valence electrons. The van der Waals surface area contributed by atoms with Gasteiger partial charge in [0.2, 0.25) is 0 Å². The Morgan fingerprint density at radius 3 is 2.51 bits per heavy atom. The first-order chi connectivity index (χ1) is 18.2. The standard InChI is InChI=1S/C22H20ClF4N5O6S/c1-11-14(5-6-15-17(11)20(33)30(2)10-28-15)29-19-13(24)4-7-16(18(19)23)32(38-21(34)22(25,26)27)39(35,36)31-8-12(9-31)37-3/h4-7,10,12,29H,8-9H2,1-3H3. The molecule has 1 N–H and O–H groups in total. The summed E-state index contributed by atoms with van der Waals surface area (Å²) in [7, 11) is -2.14. The number of hydrogen-bond donors (Lipinski definition) is 1. The van der Waals surface area contributed by atoms with Crippen molar-refractivity contribution in [3.8, 4) is 0 Å². The molecule has 4 rings (SSSR count). The van der Waals surface area contributed by atoms with Crippen molar-refractivity contribution in [1.29, 1.82) is 0 Å². The number of aryl methyl sites for hydroxylation is 2. The number of carbonyl (C=O) groups is 1. The van der Waals surface area contributed by atoms with Crippen molar-refractivity contribution in [3.63, 3.8) is 0 Å². The van der Waals surface area contributed by atoms with E-state index in [0.717, 1.165) is 12.1 Å². The monoisotopic (exact) mass is 593 g/mol. The number of fused-ring (bicyclic) bond motifs is 1. The zero-order valence-electron chi connectivity index (χ0n) is 20.4. The van der Waals surface area contributed by atoms with Gasteiger partial charge in [0.1, 0.15) is 11.5 Å². The van der Waals surface area contributed by atoms with E-state index in [1.165, 1.54) is 37.2 Å². The number of carbonyl (C=O) groups excluding carboxylic acids is 1. The van der Waals surface area contributed by atoms with Crippen LogP contribution in [0.2, 0.25) is 5.02 Å². The van der Waals surface area contributed by atoms with Gasteiger partial charge in [0, 0.05) is 32.9 Å². The second-order valence-electron chi connectivity index (χ2n) is 8.46. The molecule has 1 aliphatic rings. The third kappa shape index (κ3) is 5.24. The molecule has 2 heterocycles. The Hall–Kier alpha value is -3.47. The topological polar surface area (TPSA) is 123 Å². The third-order valence-electron chi connectivity index (χ3n) is 5.96. The summed E-state index contributed by atoms with van der Waals surface area (Å²) in [6, 6.07) is 4.39. The Balaban J connectivity index is 1.80. The Kier molecular flexibility index (Phi) is 7.50. The highest BCUT2D eigenvalue weighted by molar-refractivity contribution is 7.90. The van der Waals surface area contributed by atoms with Crippen molar-refractivity contribution in [2.75, 3.05) is 30.0 Å². The number of methoxy groups -OCH3 is 1. The maximum absolute atomic E-state index is 14.9. The quantitative estimate of drug-likeness (QED) is 0.327. The highest BCUT2D eigenvalue weighted by Gasteiger charge is 2.48. The molecule has 0 amide bonds. The Labute approximate surface area is 223 Å². The van der Waals surface area contributed by atoms with Gasteiger partial charge in [-0.1, -0.05) is 16.1 Å². The molecule has 39 heavy (non-hydrogen) atoms. The van der Waals surface area contributed by atoms with E-state index in [0.29, 0.717) is 15.4 Å². The van der Waals surface area contributed by atoms with Crippen LogP contribution in [0.25, 0.3) is 10.9 Å². The van der Waals surface area contributed by atoms with E-state index in [2.05, 4.69) is 15.1 Å². The van der Waals surface area contributed by atoms with Gasteiger partial charge < -0.3 is 19.5 Å². The second kappa shape index (κ2) is 10.3. The zero-order valence-corrected chi connectivity index (χ0v) is 22.0. The molecule has 0 spiro atoms. The molecule has 0 atom stereocenters. The highest BCUT2D eigenvalue weighted by Crippen LogP contribution is 2.40. The van der Waals surface area contributed by atoms with E-state index in [9.17, 15) is 35.6 Å². The molecular formula is C22H20ClF4N5O6S. The molecule has 0 aliphatic carbocycles. The highest BCUT2D eigenvalue weighted by atomic mass is 35.5. The minimum Gasteiger partial charge on any atom is -0.379 e. The molecule has 0 bridgehead atoms. The summed E-state index contributed by atoms with van der Waals surface area (Å²) in [6.07, 6.45) is -4.78. The van der Waals surface area contributed by atoms with Crippen LogP contribution >= 0.6 is 11.6 Å². The SMILES string of the molecule is COC1CN(S(=O)(=O)N(OC(=O)C(F)(F)F)c2ccc(F)c(Nc3ccc4ncn(C)c(=O)c4c3C)c2Cl)C1. The summed E-state index contributed by atoms with van der Waals surface area (Å²) in [5.41, 5.74) is -0.892. The van der Waals surface area contributed by atoms with E-state index < -0.39 is 56.2 Å². The number of nitrogens with zero attached hydrogens (tertiary/aromatic N) is 4. The smallest absolute Gasteiger partial charge is 0.379 e. The maximum Gasteiger partial charge on any atom is 0.493 e. The van der Waals surface area contributed by atoms with Gasteiger partial charge in [-0.05, 0) is 36.8 Å². The Morgan fingerprint density at radius 1 is 1.23 bits per heavy atom. The zero-order chi connectivity index (χ0) is 28.9. The molecule has 1 fully saturated rings. The number of ether oxygens (including phenoxy) is 1. The van der Waals surface area contributed by atoms with Crippen molar-refractivity contribution >= 4 is 55.7 Å². The van der Waals surface area contributed by atoms with Crippen molar-refractivity contribution in [3.05, 3.63) is 57.3 Å². The normalized spacial score (nSPS) is 14.8. The van der Waals surface area contributed by atoms with E-state index in [1.54, 1.807) is 6.92 Å². The van der Waals surface area contributed by atoms with E-state index in [4.69, 9.17) is 16.3 Å². The third-order valence-corrected chi connectivity index (χ3v) is 7.98. The molecule has 0 unspecified atom stereocenters. The molecule has 1 saturated heterocycles. The van der Waals surface area contributed by atoms with E-state index >= 15 is 0 Å². The molecule has 1 aromatic heterocycles. The van der Waals surface area contributed by atoms with Crippen LogP contribution in [0.4, 0.5) is 34.6 Å². The van der Waals surface area contributed by atoms with Crippen molar-refractivity contribution in [2.24, 2.45) is 7.05 Å². The van der Waals surface area contributed by atoms with Gasteiger partial charge >= 0.3 is 22.4 Å². The van der Waals surface area contributed by atoms with E-state index in [1.807, 2.05) is 0 Å². The summed E-state index contributed by atoms with van der Waals surface area (Å²) in [6.45, 7) is 1.05. The van der Waals surface area contributed by atoms with Crippen LogP contribution in [0.1, 0.15) is 5.56 Å². The lowest BCUT2D eigenvalue weighted by Gasteiger charge is -2.39. The number of alkyl halides is 3. The van der Waals surface area contributed by atoms with Crippen LogP contribution < -0.4 is 15.3 Å². The first-order valence-electron chi connectivity index (χ1n) is 11.0. The van der Waals surface area contributed by atoms with Gasteiger partial charge in [-0.3, -0.25) is 4.79 Å². The molecule has 17 heteroatoms. The van der Waals surface area contributed by atoms with Crippen molar-refractivity contribution in [1.82, 2.24) is 13.9 Å². The van der Waals surface area contributed by atoms with E-state index in [-0.39, 0.29) is 28.6 Å². The maximum atomic E-state index is 14.9. The summed E-state index contributed by atoms with van der Waals surface area (Å²) >= 11 is 6.31. The van der Waals surface area contributed by atoms with Gasteiger partial charge in [0.05, 0.1) is 34.0 Å². The molecule has 0 saturated carbocycles. The van der Waals surface area contributed by atoms with Crippen LogP contribution in [-0.2, 0) is 31.6 Å². The molecule has 11 nitrogen and oxygen atoms in total. The molecule has 0 radical (unpaired) electrons. The molecule has 1 aliphatic heterocycles. The summed E-state index contributed by atoms with van der Waals surface area (Å²) in [5, 5.41) is 2.13. The number of anilines is 3. The largest absolute Gasteiger partial charge is 0.493 e. The number of nitrogens with one attached hydrogen (secondary N) is 1. The number of halogens is 5. The average molecular weight is 594 g/mol. The minimum absolute atomic E-state index is 0.165. The first-order valence-corrected chi connectivity index (χ1v) is 12.8. The fourth-order valence-electron chi connectivity index (χ4n) is 3.71. The molecular weight excluding hydrogens is 574 g/mol. The predicted octanol–water partition coefficient (Wildman–Crippen LogP) is 3.18. The van der Waals surface area contributed by atoms with Crippen LogP contribution in [0.15, 0.2) is 35.4 Å². The van der Waals surface area contributed by atoms with Crippen LogP contribution in [0.3, 0.4) is 0 Å². The average Bonchev–Trinajstić information content (AvgIpc) is 2.82. The lowest BCUT2D eigenvalue weighted by molar-refractivity contribution is -0.199. The van der Waals surface area contributed by atoms with Crippen molar-refractivity contribution < 1.29 is 40.3 Å². The van der Waals surface area contributed by atoms with Gasteiger partial charge in [-0.2, -0.15) is 25.9 Å². The van der Waals surface area contributed by atoms with Gasteiger partial charge in [0.15, 0.2) is 0 Å². The Bertz CT molecular complexity index is 1630. The van der Waals surface area contributed by atoms with Crippen LogP contribution in [0, 0.1) is 12.7 Å². The predicted molar refractivity (Wildman–Crippen MR) is 132 cm³/mol. The molecule has 2 aromatic carbocycles. The van der Waals surface area contributed by atoms with Crippen LogP contribution in [-0.4, -0.2) is 60.7 Å². The second-order valence-corrected chi connectivity index (χ2v) is 10.6.